The lowest BCUT2D eigenvalue weighted by molar-refractivity contribution is 0.481. The zero-order valence-electron chi connectivity index (χ0n) is 15.8. The first kappa shape index (κ1) is 20.4. The third kappa shape index (κ3) is 4.33. The second-order valence-electron chi connectivity index (χ2n) is 6.86. The molecule has 30 heavy (non-hydrogen) atoms. The van der Waals surface area contributed by atoms with Gasteiger partial charge < -0.3 is 13.7 Å². The Morgan fingerprint density at radius 2 is 1.90 bits per heavy atom. The molecule has 0 fully saturated rings. The summed E-state index contributed by atoms with van der Waals surface area (Å²) in [6, 6.07) is 12.0. The lowest BCUT2D eigenvalue weighted by Crippen LogP contribution is -2.21. The van der Waals surface area contributed by atoms with Crippen LogP contribution in [0.1, 0.15) is 6.42 Å². The van der Waals surface area contributed by atoms with Crippen LogP contribution in [0.4, 0.5) is 5.69 Å². The minimum absolute atomic E-state index is 0.148. The summed E-state index contributed by atoms with van der Waals surface area (Å²) in [4.78, 5) is 18.7. The monoisotopic (exact) mass is 448 g/mol. The molecule has 4 rings (SSSR count). The van der Waals surface area contributed by atoms with Gasteiger partial charge in [0, 0.05) is 35.8 Å². The van der Waals surface area contributed by atoms with Crippen molar-refractivity contribution in [2.24, 2.45) is 0 Å². The second kappa shape index (κ2) is 7.75. The summed E-state index contributed by atoms with van der Waals surface area (Å²) in [5.74, 6) is -0.173. The second-order valence-corrected chi connectivity index (χ2v) is 8.87. The third-order valence-corrected chi connectivity index (χ3v) is 5.68. The SMILES string of the molecule is CN(CCCS(=O)(=O)O)c1ccc2cc(-c3nc4cc(Cl)ccc4o3)c(=O)oc2c1. The normalized spacial score (nSPS) is 12.0. The zero-order valence-corrected chi connectivity index (χ0v) is 17.4. The number of anilines is 1. The van der Waals surface area contributed by atoms with E-state index in [-0.39, 0.29) is 23.6 Å². The standard InChI is InChI=1S/C20H17ClN2O6S/c1-23(7-2-8-30(25,26)27)14-5-3-12-9-15(20(24)29-18(12)11-14)19-22-16-10-13(21)4-6-17(16)28-19/h3-6,9-11H,2,7-8H2,1H3,(H,25,26,27). The van der Waals surface area contributed by atoms with E-state index in [0.717, 1.165) is 5.69 Å². The first-order valence-corrected chi connectivity index (χ1v) is 11.0. The van der Waals surface area contributed by atoms with Gasteiger partial charge in [-0.2, -0.15) is 8.42 Å². The van der Waals surface area contributed by atoms with E-state index >= 15 is 0 Å². The van der Waals surface area contributed by atoms with Crippen molar-refractivity contribution in [3.05, 3.63) is 57.9 Å². The van der Waals surface area contributed by atoms with E-state index in [2.05, 4.69) is 4.98 Å². The fourth-order valence-electron chi connectivity index (χ4n) is 3.12. The molecule has 0 spiro atoms. The van der Waals surface area contributed by atoms with E-state index < -0.39 is 15.7 Å². The van der Waals surface area contributed by atoms with Gasteiger partial charge in [-0.3, -0.25) is 4.55 Å². The van der Waals surface area contributed by atoms with Crippen LogP contribution in [0.5, 0.6) is 0 Å². The largest absolute Gasteiger partial charge is 0.436 e. The van der Waals surface area contributed by atoms with Crippen LogP contribution in [-0.4, -0.2) is 37.3 Å². The topological polar surface area (TPSA) is 114 Å². The van der Waals surface area contributed by atoms with Crippen molar-refractivity contribution in [2.75, 3.05) is 24.2 Å². The Kier molecular flexibility index (Phi) is 5.27. The maximum absolute atomic E-state index is 12.5. The molecule has 0 bridgehead atoms. The van der Waals surface area contributed by atoms with Crippen LogP contribution >= 0.6 is 11.6 Å². The minimum atomic E-state index is -3.99. The number of nitrogens with zero attached hydrogens (tertiary/aromatic N) is 2. The number of hydrogen-bond donors (Lipinski definition) is 1. The van der Waals surface area contributed by atoms with E-state index in [1.54, 1.807) is 43.4 Å². The van der Waals surface area contributed by atoms with Crippen LogP contribution in [0.2, 0.25) is 5.02 Å². The summed E-state index contributed by atoms with van der Waals surface area (Å²) >= 11 is 5.97. The molecule has 0 aliphatic rings. The van der Waals surface area contributed by atoms with Gasteiger partial charge in [0.2, 0.25) is 5.89 Å². The average Bonchev–Trinajstić information content (AvgIpc) is 3.08. The van der Waals surface area contributed by atoms with Crippen molar-refractivity contribution in [1.29, 1.82) is 0 Å². The molecule has 0 amide bonds. The summed E-state index contributed by atoms with van der Waals surface area (Å²) in [5.41, 5.74) is 1.78. The van der Waals surface area contributed by atoms with E-state index in [4.69, 9.17) is 25.0 Å². The van der Waals surface area contributed by atoms with Gasteiger partial charge in [-0.05, 0) is 42.8 Å². The fourth-order valence-corrected chi connectivity index (χ4v) is 3.78. The Morgan fingerprint density at radius 1 is 1.10 bits per heavy atom. The van der Waals surface area contributed by atoms with Gasteiger partial charge in [0.15, 0.2) is 5.58 Å². The van der Waals surface area contributed by atoms with Crippen LogP contribution in [0, 0.1) is 0 Å². The minimum Gasteiger partial charge on any atom is -0.436 e. The molecular weight excluding hydrogens is 432 g/mol. The lowest BCUT2D eigenvalue weighted by atomic mass is 10.1. The van der Waals surface area contributed by atoms with Crippen LogP contribution in [0.15, 0.2) is 56.1 Å². The third-order valence-electron chi connectivity index (χ3n) is 4.64. The molecule has 0 atom stereocenters. The summed E-state index contributed by atoms with van der Waals surface area (Å²) in [5, 5.41) is 1.20. The Bertz CT molecular complexity index is 1410. The van der Waals surface area contributed by atoms with Gasteiger partial charge >= 0.3 is 5.63 Å². The molecule has 2 aromatic heterocycles. The predicted molar refractivity (Wildman–Crippen MR) is 115 cm³/mol. The molecule has 10 heteroatoms. The van der Waals surface area contributed by atoms with Crippen LogP contribution in [0.3, 0.4) is 0 Å². The van der Waals surface area contributed by atoms with E-state index in [0.29, 0.717) is 33.6 Å². The summed E-state index contributed by atoms with van der Waals surface area (Å²) in [7, 11) is -2.22. The Hall–Kier alpha value is -2.88. The quantitative estimate of drug-likeness (QED) is 0.348. The van der Waals surface area contributed by atoms with Crippen molar-refractivity contribution in [3.63, 3.8) is 0 Å². The number of aromatic nitrogens is 1. The summed E-state index contributed by atoms with van der Waals surface area (Å²) in [6.07, 6.45) is 0.262. The van der Waals surface area contributed by atoms with Crippen molar-refractivity contribution < 1.29 is 21.8 Å². The average molecular weight is 449 g/mol. The molecule has 1 N–H and O–H groups in total. The number of hydrogen-bond acceptors (Lipinski definition) is 7. The molecule has 0 radical (unpaired) electrons. The molecule has 0 unspecified atom stereocenters. The molecular formula is C20H17ClN2O6S. The predicted octanol–water partition coefficient (Wildman–Crippen LogP) is 3.97. The van der Waals surface area contributed by atoms with Gasteiger partial charge in [-0.15, -0.1) is 0 Å². The highest BCUT2D eigenvalue weighted by molar-refractivity contribution is 7.85. The lowest BCUT2D eigenvalue weighted by Gasteiger charge is -2.19. The van der Waals surface area contributed by atoms with Crippen LogP contribution in [-0.2, 0) is 10.1 Å². The maximum atomic E-state index is 12.5. The molecule has 0 saturated heterocycles. The van der Waals surface area contributed by atoms with Gasteiger partial charge in [0.05, 0.1) is 5.75 Å². The molecule has 8 nitrogen and oxygen atoms in total. The first-order valence-electron chi connectivity index (χ1n) is 9.00. The van der Waals surface area contributed by atoms with Crippen LogP contribution < -0.4 is 10.5 Å². The Balaban J connectivity index is 1.64. The highest BCUT2D eigenvalue weighted by Gasteiger charge is 2.15. The molecule has 0 saturated carbocycles. The zero-order chi connectivity index (χ0) is 21.5. The molecule has 4 aromatic rings. The number of benzene rings is 2. The van der Waals surface area contributed by atoms with Gasteiger partial charge in [0.25, 0.3) is 10.1 Å². The highest BCUT2D eigenvalue weighted by Crippen LogP contribution is 2.28. The summed E-state index contributed by atoms with van der Waals surface area (Å²) < 4.78 is 41.7. The maximum Gasteiger partial charge on any atom is 0.349 e. The van der Waals surface area contributed by atoms with E-state index in [9.17, 15) is 13.2 Å². The van der Waals surface area contributed by atoms with Gasteiger partial charge in [0.1, 0.15) is 16.7 Å². The van der Waals surface area contributed by atoms with Crippen molar-refractivity contribution >= 4 is 49.5 Å². The molecule has 2 aromatic carbocycles. The number of halogens is 1. The first-order chi connectivity index (χ1) is 14.2. The van der Waals surface area contributed by atoms with Gasteiger partial charge in [-0.25, -0.2) is 9.78 Å². The van der Waals surface area contributed by atoms with Crippen molar-refractivity contribution in [2.45, 2.75) is 6.42 Å². The molecule has 2 heterocycles. The Labute approximate surface area is 176 Å². The van der Waals surface area contributed by atoms with Crippen molar-refractivity contribution in [3.8, 4) is 11.5 Å². The number of oxazole rings is 1. The fraction of sp³-hybridized carbons (Fsp3) is 0.200. The van der Waals surface area contributed by atoms with E-state index in [1.807, 2.05) is 11.0 Å². The molecule has 0 aliphatic heterocycles. The molecule has 156 valence electrons. The van der Waals surface area contributed by atoms with E-state index in [1.165, 1.54) is 0 Å². The smallest absolute Gasteiger partial charge is 0.349 e. The number of rotatable bonds is 6. The number of fused-ring (bicyclic) bond motifs is 2. The molecule has 0 aliphatic carbocycles. The van der Waals surface area contributed by atoms with Gasteiger partial charge in [-0.1, -0.05) is 11.6 Å². The van der Waals surface area contributed by atoms with Crippen molar-refractivity contribution in [1.82, 2.24) is 4.98 Å². The van der Waals surface area contributed by atoms with Crippen LogP contribution in [0.25, 0.3) is 33.5 Å². The highest BCUT2D eigenvalue weighted by atomic mass is 35.5. The Morgan fingerprint density at radius 3 is 2.67 bits per heavy atom. The summed E-state index contributed by atoms with van der Waals surface area (Å²) in [6.45, 7) is 0.402.